The van der Waals surface area contributed by atoms with Crippen LogP contribution < -0.4 is 0 Å². The Balaban J connectivity index is 1.31. The fraction of sp³-hybridized carbons (Fsp3) is 0.476. The molecule has 2 aromatic rings. The molecular weight excluding hydrogens is 410 g/mol. The molecule has 1 aromatic carbocycles. The van der Waals surface area contributed by atoms with E-state index >= 15 is 0 Å². The fourth-order valence-electron chi connectivity index (χ4n) is 4.33. The van der Waals surface area contributed by atoms with Gasteiger partial charge in [0.05, 0.1) is 4.90 Å². The first-order valence-corrected chi connectivity index (χ1v) is 11.9. The van der Waals surface area contributed by atoms with E-state index in [-0.39, 0.29) is 16.7 Å². The summed E-state index contributed by atoms with van der Waals surface area (Å²) in [6.07, 6.45) is 7.23. The lowest BCUT2D eigenvalue weighted by Gasteiger charge is -2.37. The third kappa shape index (κ3) is 4.37. The van der Waals surface area contributed by atoms with Crippen molar-refractivity contribution in [3.8, 4) is 0 Å². The van der Waals surface area contributed by atoms with Crippen molar-refractivity contribution < 1.29 is 13.2 Å². The molecule has 0 atom stereocenters. The van der Waals surface area contributed by atoms with Gasteiger partial charge in [0.2, 0.25) is 15.9 Å². The number of nitrogens with zero attached hydrogens (tertiary/aromatic N) is 3. The Morgan fingerprint density at radius 1 is 0.897 bits per heavy atom. The highest BCUT2D eigenvalue weighted by Gasteiger charge is 2.34. The van der Waals surface area contributed by atoms with Gasteiger partial charge >= 0.3 is 0 Å². The molecule has 0 saturated carbocycles. The monoisotopic (exact) mass is 435 g/mol. The molecule has 0 unspecified atom stereocenters. The number of halogens is 1. The largest absolute Gasteiger partial charge is 0.351 e. The summed E-state index contributed by atoms with van der Waals surface area (Å²) in [5.74, 6) is 0.0919. The molecule has 8 heteroatoms. The van der Waals surface area contributed by atoms with Crippen molar-refractivity contribution in [1.82, 2.24) is 13.8 Å². The predicted octanol–water partition coefficient (Wildman–Crippen LogP) is 3.41. The van der Waals surface area contributed by atoms with Crippen LogP contribution in [0.4, 0.5) is 0 Å². The van der Waals surface area contributed by atoms with Gasteiger partial charge < -0.3 is 9.47 Å². The third-order valence-corrected chi connectivity index (χ3v) is 8.24. The van der Waals surface area contributed by atoms with E-state index in [0.717, 1.165) is 25.9 Å². The highest BCUT2D eigenvalue weighted by molar-refractivity contribution is 7.89. The van der Waals surface area contributed by atoms with Gasteiger partial charge in [0.1, 0.15) is 0 Å². The number of aromatic nitrogens is 1. The van der Waals surface area contributed by atoms with E-state index < -0.39 is 10.0 Å². The molecule has 29 heavy (non-hydrogen) atoms. The highest BCUT2D eigenvalue weighted by Crippen LogP contribution is 2.28. The molecule has 6 nitrogen and oxygen atoms in total. The van der Waals surface area contributed by atoms with E-state index in [0.29, 0.717) is 37.0 Å². The van der Waals surface area contributed by atoms with Gasteiger partial charge in [0, 0.05) is 55.6 Å². The van der Waals surface area contributed by atoms with E-state index in [1.54, 1.807) is 12.1 Å². The molecule has 0 bridgehead atoms. The number of hydrogen-bond donors (Lipinski definition) is 0. The molecular formula is C21H26ClN3O3S. The second-order valence-corrected chi connectivity index (χ2v) is 10.2. The molecule has 2 aliphatic heterocycles. The molecule has 3 heterocycles. The van der Waals surface area contributed by atoms with E-state index in [4.69, 9.17) is 11.6 Å². The maximum Gasteiger partial charge on any atom is 0.243 e. The van der Waals surface area contributed by atoms with E-state index in [1.807, 2.05) is 17.0 Å². The van der Waals surface area contributed by atoms with Crippen LogP contribution in [0.25, 0.3) is 0 Å². The van der Waals surface area contributed by atoms with Crippen molar-refractivity contribution >= 4 is 27.5 Å². The smallest absolute Gasteiger partial charge is 0.243 e. The summed E-state index contributed by atoms with van der Waals surface area (Å²) in [6, 6.07) is 10.8. The number of rotatable bonds is 4. The number of piperidine rings is 2. The summed E-state index contributed by atoms with van der Waals surface area (Å²) in [7, 11) is -3.54. The Hall–Kier alpha value is -1.83. The number of amides is 1. The topological polar surface area (TPSA) is 62.6 Å². The van der Waals surface area contributed by atoms with Gasteiger partial charge in [-0.25, -0.2) is 8.42 Å². The van der Waals surface area contributed by atoms with Crippen LogP contribution >= 0.6 is 11.6 Å². The van der Waals surface area contributed by atoms with Crippen LogP contribution in [0.5, 0.6) is 0 Å². The lowest BCUT2D eigenvalue weighted by atomic mass is 9.95. The van der Waals surface area contributed by atoms with Crippen LogP contribution in [0.1, 0.15) is 31.7 Å². The SMILES string of the molecule is O=C(C1CCN(S(=O)(=O)c2ccc(Cl)cc2)CC1)N1CCC(n2cccc2)CC1. The zero-order valence-corrected chi connectivity index (χ0v) is 17.9. The molecule has 0 N–H and O–H groups in total. The summed E-state index contributed by atoms with van der Waals surface area (Å²) >= 11 is 5.86. The second kappa shape index (κ2) is 8.50. The summed E-state index contributed by atoms with van der Waals surface area (Å²) in [4.78, 5) is 15.2. The van der Waals surface area contributed by atoms with Crippen molar-refractivity contribution in [1.29, 1.82) is 0 Å². The number of carbonyl (C=O) groups is 1. The molecule has 0 spiro atoms. The molecule has 0 aliphatic carbocycles. The number of carbonyl (C=O) groups excluding carboxylic acids is 1. The van der Waals surface area contributed by atoms with E-state index in [1.165, 1.54) is 16.4 Å². The van der Waals surface area contributed by atoms with Crippen molar-refractivity contribution in [3.63, 3.8) is 0 Å². The van der Waals surface area contributed by atoms with Gasteiger partial charge in [0.25, 0.3) is 0 Å². The van der Waals surface area contributed by atoms with Crippen LogP contribution in [-0.2, 0) is 14.8 Å². The van der Waals surface area contributed by atoms with Gasteiger partial charge in [-0.2, -0.15) is 4.31 Å². The summed E-state index contributed by atoms with van der Waals surface area (Å²) in [6.45, 7) is 2.29. The van der Waals surface area contributed by atoms with Crippen molar-refractivity contribution in [2.24, 2.45) is 5.92 Å². The molecule has 0 radical (unpaired) electrons. The molecule has 2 aliphatic rings. The van der Waals surface area contributed by atoms with Gasteiger partial charge in [-0.15, -0.1) is 0 Å². The first-order chi connectivity index (χ1) is 13.9. The maximum atomic E-state index is 12.9. The van der Waals surface area contributed by atoms with Gasteiger partial charge in [0.15, 0.2) is 0 Å². The van der Waals surface area contributed by atoms with Crippen LogP contribution in [-0.4, -0.2) is 54.3 Å². The number of sulfonamides is 1. The molecule has 2 fully saturated rings. The lowest BCUT2D eigenvalue weighted by molar-refractivity contribution is -0.138. The van der Waals surface area contributed by atoms with Gasteiger partial charge in [-0.3, -0.25) is 4.79 Å². The summed E-state index contributed by atoms with van der Waals surface area (Å²) in [5, 5.41) is 0.508. The minimum Gasteiger partial charge on any atom is -0.351 e. The average molecular weight is 436 g/mol. The van der Waals surface area contributed by atoms with Crippen LogP contribution in [0, 0.1) is 5.92 Å². The number of hydrogen-bond acceptors (Lipinski definition) is 3. The first kappa shape index (κ1) is 20.4. The Morgan fingerprint density at radius 3 is 2.07 bits per heavy atom. The average Bonchev–Trinajstić information content (AvgIpc) is 3.29. The van der Waals surface area contributed by atoms with Crippen LogP contribution in [0.3, 0.4) is 0 Å². The zero-order chi connectivity index (χ0) is 20.4. The molecule has 4 rings (SSSR count). The minimum atomic E-state index is -3.54. The Bertz CT molecular complexity index is 928. The lowest BCUT2D eigenvalue weighted by Crippen LogP contribution is -2.46. The Labute approximate surface area is 177 Å². The van der Waals surface area contributed by atoms with Crippen LogP contribution in [0.2, 0.25) is 5.02 Å². The minimum absolute atomic E-state index is 0.0882. The number of likely N-dealkylation sites (tertiary alicyclic amines) is 1. The quantitative estimate of drug-likeness (QED) is 0.739. The number of benzene rings is 1. The second-order valence-electron chi connectivity index (χ2n) is 7.82. The normalized spacial score (nSPS) is 20.1. The van der Waals surface area contributed by atoms with E-state index in [9.17, 15) is 13.2 Å². The first-order valence-electron chi connectivity index (χ1n) is 10.1. The van der Waals surface area contributed by atoms with Gasteiger partial charge in [-0.05, 0) is 62.1 Å². The van der Waals surface area contributed by atoms with Crippen molar-refractivity contribution in [3.05, 3.63) is 53.8 Å². The summed E-state index contributed by atoms with van der Waals surface area (Å²) < 4.78 is 29.3. The molecule has 1 amide bonds. The highest BCUT2D eigenvalue weighted by atomic mass is 35.5. The van der Waals surface area contributed by atoms with Crippen molar-refractivity contribution in [2.45, 2.75) is 36.6 Å². The zero-order valence-electron chi connectivity index (χ0n) is 16.3. The fourth-order valence-corrected chi connectivity index (χ4v) is 5.93. The van der Waals surface area contributed by atoms with Crippen LogP contribution in [0.15, 0.2) is 53.7 Å². The standard InChI is InChI=1S/C21H26ClN3O3S/c22-18-3-5-20(6-4-18)29(27,28)25-15-7-17(8-16-25)21(26)24-13-9-19(10-14-24)23-11-1-2-12-23/h1-6,11-12,17,19H,7-10,13-16H2. The summed E-state index contributed by atoms with van der Waals surface area (Å²) in [5.41, 5.74) is 0. The van der Waals surface area contributed by atoms with Gasteiger partial charge in [-0.1, -0.05) is 11.6 Å². The molecule has 2 saturated heterocycles. The Morgan fingerprint density at radius 2 is 1.48 bits per heavy atom. The predicted molar refractivity (Wildman–Crippen MR) is 112 cm³/mol. The maximum absolute atomic E-state index is 12.9. The van der Waals surface area contributed by atoms with E-state index in [2.05, 4.69) is 17.0 Å². The molecule has 156 valence electrons. The third-order valence-electron chi connectivity index (χ3n) is 6.08. The Kier molecular flexibility index (Phi) is 5.99. The van der Waals surface area contributed by atoms with Crippen molar-refractivity contribution in [2.75, 3.05) is 26.2 Å². The molecule has 1 aromatic heterocycles.